The van der Waals surface area contributed by atoms with Crippen molar-refractivity contribution in [3.63, 3.8) is 0 Å². The predicted octanol–water partition coefficient (Wildman–Crippen LogP) is 1.73. The van der Waals surface area contributed by atoms with Crippen molar-refractivity contribution in [2.75, 3.05) is 11.9 Å². The fourth-order valence-electron chi connectivity index (χ4n) is 2.46. The third kappa shape index (κ3) is 2.38. The molecule has 2 heterocycles. The molecule has 96 valence electrons. The van der Waals surface area contributed by atoms with Gasteiger partial charge in [0, 0.05) is 11.9 Å². The average Bonchev–Trinajstić information content (AvgIpc) is 2.85. The Kier molecular flexibility index (Phi) is 3.27. The standard InChI is InChI=1S/C11H15ClN6/c12-9-3-1-2-8(4-9)5-14-10-6-13-7-11-15-16-17-18(10)11/h6-9,14H,1-5H2. The van der Waals surface area contributed by atoms with Crippen molar-refractivity contribution in [2.45, 2.75) is 31.1 Å². The summed E-state index contributed by atoms with van der Waals surface area (Å²) in [5, 5.41) is 15.1. The first-order valence-electron chi connectivity index (χ1n) is 6.23. The van der Waals surface area contributed by atoms with Gasteiger partial charge in [0.25, 0.3) is 0 Å². The summed E-state index contributed by atoms with van der Waals surface area (Å²) < 4.78 is 1.66. The maximum Gasteiger partial charge on any atom is 0.199 e. The molecule has 1 aliphatic carbocycles. The van der Waals surface area contributed by atoms with E-state index < -0.39 is 0 Å². The van der Waals surface area contributed by atoms with Gasteiger partial charge in [0.15, 0.2) is 5.65 Å². The van der Waals surface area contributed by atoms with Gasteiger partial charge in [-0.25, -0.2) is 0 Å². The Morgan fingerprint density at radius 2 is 2.33 bits per heavy atom. The van der Waals surface area contributed by atoms with Crippen LogP contribution in [0.1, 0.15) is 25.7 Å². The SMILES string of the molecule is ClC1CCCC(CNc2cncc3nnnn23)C1. The lowest BCUT2D eigenvalue weighted by atomic mass is 9.89. The molecule has 1 saturated carbocycles. The van der Waals surface area contributed by atoms with Crippen molar-refractivity contribution >= 4 is 23.1 Å². The number of anilines is 1. The summed E-state index contributed by atoms with van der Waals surface area (Å²) >= 11 is 6.19. The molecular weight excluding hydrogens is 252 g/mol. The Morgan fingerprint density at radius 3 is 3.22 bits per heavy atom. The number of hydrogen-bond acceptors (Lipinski definition) is 5. The van der Waals surface area contributed by atoms with E-state index in [1.165, 1.54) is 12.8 Å². The molecule has 18 heavy (non-hydrogen) atoms. The van der Waals surface area contributed by atoms with Gasteiger partial charge in [0.2, 0.25) is 0 Å². The van der Waals surface area contributed by atoms with Crippen LogP contribution in [-0.4, -0.2) is 36.9 Å². The minimum absolute atomic E-state index is 0.326. The fourth-order valence-corrected chi connectivity index (χ4v) is 2.86. The number of aromatic nitrogens is 5. The predicted molar refractivity (Wildman–Crippen MR) is 68.7 cm³/mol. The second-order valence-corrected chi connectivity index (χ2v) is 5.37. The molecule has 2 aromatic heterocycles. The van der Waals surface area contributed by atoms with Crippen LogP contribution in [0.3, 0.4) is 0 Å². The Labute approximate surface area is 110 Å². The van der Waals surface area contributed by atoms with Crippen molar-refractivity contribution in [2.24, 2.45) is 5.92 Å². The molecule has 0 amide bonds. The van der Waals surface area contributed by atoms with Gasteiger partial charge >= 0.3 is 0 Å². The quantitative estimate of drug-likeness (QED) is 0.857. The highest BCUT2D eigenvalue weighted by atomic mass is 35.5. The Morgan fingerprint density at radius 1 is 1.39 bits per heavy atom. The van der Waals surface area contributed by atoms with E-state index in [1.807, 2.05) is 0 Å². The van der Waals surface area contributed by atoms with E-state index in [9.17, 15) is 0 Å². The molecule has 7 heteroatoms. The van der Waals surface area contributed by atoms with Gasteiger partial charge in [-0.1, -0.05) is 6.42 Å². The van der Waals surface area contributed by atoms with E-state index in [0.29, 0.717) is 16.9 Å². The molecule has 0 bridgehead atoms. The molecular formula is C11H15ClN6. The zero-order valence-electron chi connectivity index (χ0n) is 9.96. The van der Waals surface area contributed by atoms with Crippen molar-refractivity contribution in [3.8, 4) is 0 Å². The zero-order valence-corrected chi connectivity index (χ0v) is 10.7. The highest BCUT2D eigenvalue weighted by Gasteiger charge is 2.20. The van der Waals surface area contributed by atoms with Crippen molar-refractivity contribution in [1.29, 1.82) is 0 Å². The summed E-state index contributed by atoms with van der Waals surface area (Å²) in [4.78, 5) is 4.11. The molecule has 1 fully saturated rings. The van der Waals surface area contributed by atoms with Crippen LogP contribution in [0.5, 0.6) is 0 Å². The number of nitrogens with one attached hydrogen (secondary N) is 1. The molecule has 0 spiro atoms. The van der Waals surface area contributed by atoms with Gasteiger partial charge < -0.3 is 5.32 Å². The Balaban J connectivity index is 1.67. The lowest BCUT2D eigenvalue weighted by Crippen LogP contribution is -2.23. The summed E-state index contributed by atoms with van der Waals surface area (Å²) in [6, 6.07) is 0. The molecule has 2 unspecified atom stereocenters. The normalized spacial score (nSPS) is 24.3. The monoisotopic (exact) mass is 266 g/mol. The van der Waals surface area contributed by atoms with Crippen molar-refractivity contribution in [3.05, 3.63) is 12.4 Å². The number of halogens is 1. The van der Waals surface area contributed by atoms with E-state index in [2.05, 4.69) is 25.8 Å². The number of hydrogen-bond donors (Lipinski definition) is 1. The molecule has 6 nitrogen and oxygen atoms in total. The Bertz CT molecular complexity index is 527. The topological polar surface area (TPSA) is 68.0 Å². The lowest BCUT2D eigenvalue weighted by molar-refractivity contribution is 0.378. The first-order chi connectivity index (χ1) is 8.83. The van der Waals surface area contributed by atoms with Crippen LogP contribution in [0.15, 0.2) is 12.4 Å². The third-order valence-electron chi connectivity index (χ3n) is 3.40. The van der Waals surface area contributed by atoms with Crippen LogP contribution in [-0.2, 0) is 0 Å². The summed E-state index contributed by atoms with van der Waals surface area (Å²) in [7, 11) is 0. The molecule has 1 aliphatic rings. The highest BCUT2D eigenvalue weighted by Crippen LogP contribution is 2.27. The summed E-state index contributed by atoms with van der Waals surface area (Å²) in [5.74, 6) is 1.45. The average molecular weight is 267 g/mol. The molecule has 1 N–H and O–H groups in total. The van der Waals surface area contributed by atoms with Crippen molar-refractivity contribution in [1.82, 2.24) is 25.0 Å². The van der Waals surface area contributed by atoms with Crippen LogP contribution in [0.2, 0.25) is 0 Å². The molecule has 0 aliphatic heterocycles. The van der Waals surface area contributed by atoms with Gasteiger partial charge in [0.05, 0.1) is 12.4 Å². The zero-order chi connectivity index (χ0) is 12.4. The van der Waals surface area contributed by atoms with E-state index in [0.717, 1.165) is 25.2 Å². The molecule has 2 atom stereocenters. The minimum atomic E-state index is 0.326. The number of tetrazole rings is 1. The molecule has 2 aromatic rings. The number of nitrogens with zero attached hydrogens (tertiary/aromatic N) is 5. The van der Waals surface area contributed by atoms with Crippen molar-refractivity contribution < 1.29 is 0 Å². The second kappa shape index (κ2) is 5.06. The first kappa shape index (κ1) is 11.6. The van der Waals surface area contributed by atoms with E-state index in [1.54, 1.807) is 16.9 Å². The maximum atomic E-state index is 6.19. The maximum absolute atomic E-state index is 6.19. The number of rotatable bonds is 3. The fraction of sp³-hybridized carbons (Fsp3) is 0.636. The van der Waals surface area contributed by atoms with Crippen LogP contribution >= 0.6 is 11.6 Å². The molecule has 3 rings (SSSR count). The van der Waals surface area contributed by atoms with E-state index in [4.69, 9.17) is 11.6 Å². The van der Waals surface area contributed by atoms with Gasteiger partial charge in [-0.15, -0.1) is 16.7 Å². The second-order valence-electron chi connectivity index (χ2n) is 4.75. The highest BCUT2D eigenvalue weighted by molar-refractivity contribution is 6.20. The summed E-state index contributed by atoms with van der Waals surface area (Å²) in [5.41, 5.74) is 0.652. The first-order valence-corrected chi connectivity index (χ1v) is 6.66. The van der Waals surface area contributed by atoms with Crippen LogP contribution in [0.25, 0.3) is 5.65 Å². The molecule has 0 saturated heterocycles. The van der Waals surface area contributed by atoms with E-state index >= 15 is 0 Å². The smallest absolute Gasteiger partial charge is 0.199 e. The van der Waals surface area contributed by atoms with Crippen LogP contribution < -0.4 is 5.32 Å². The summed E-state index contributed by atoms with van der Waals surface area (Å²) in [6.07, 6.45) is 8.05. The molecule has 0 aromatic carbocycles. The summed E-state index contributed by atoms with van der Waals surface area (Å²) in [6.45, 7) is 0.893. The minimum Gasteiger partial charge on any atom is -0.368 e. The number of alkyl halides is 1. The van der Waals surface area contributed by atoms with Crippen LogP contribution in [0.4, 0.5) is 5.82 Å². The largest absolute Gasteiger partial charge is 0.368 e. The van der Waals surface area contributed by atoms with E-state index in [-0.39, 0.29) is 0 Å². The van der Waals surface area contributed by atoms with Gasteiger partial charge in [-0.2, -0.15) is 4.52 Å². The number of fused-ring (bicyclic) bond motifs is 1. The van der Waals surface area contributed by atoms with Gasteiger partial charge in [-0.3, -0.25) is 4.98 Å². The van der Waals surface area contributed by atoms with Gasteiger partial charge in [-0.05, 0) is 35.6 Å². The van der Waals surface area contributed by atoms with Crippen LogP contribution in [0, 0.1) is 5.92 Å². The molecule has 0 radical (unpaired) electrons. The van der Waals surface area contributed by atoms with Gasteiger partial charge in [0.1, 0.15) is 5.82 Å². The Hall–Kier alpha value is -1.43. The lowest BCUT2D eigenvalue weighted by Gasteiger charge is -2.25. The third-order valence-corrected chi connectivity index (χ3v) is 3.80.